The lowest BCUT2D eigenvalue weighted by molar-refractivity contribution is -0.139. The average Bonchev–Trinajstić information content (AvgIpc) is 2.85. The number of amides is 2. The molecule has 0 aromatic heterocycles. The molecule has 0 spiro atoms. The summed E-state index contributed by atoms with van der Waals surface area (Å²) in [6, 6.07) is 8.48. The quantitative estimate of drug-likeness (QED) is 0.745. The first-order chi connectivity index (χ1) is 13.2. The van der Waals surface area contributed by atoms with Gasteiger partial charge in [-0.1, -0.05) is 6.42 Å². The molecule has 2 heterocycles. The number of carbonyl (C=O) groups excluding carboxylic acids is 2. The molecular weight excluding hydrogens is 358 g/mol. The molecule has 0 unspecified atom stereocenters. The molecule has 27 heavy (non-hydrogen) atoms. The van der Waals surface area contributed by atoms with Crippen LogP contribution in [-0.4, -0.2) is 78.1 Å². The van der Waals surface area contributed by atoms with E-state index in [1.807, 2.05) is 35.4 Å². The van der Waals surface area contributed by atoms with Crippen molar-refractivity contribution in [1.82, 2.24) is 14.7 Å². The summed E-state index contributed by atoms with van der Waals surface area (Å²) in [4.78, 5) is 33.0. The molecule has 0 radical (unpaired) electrons. The van der Waals surface area contributed by atoms with Gasteiger partial charge in [-0.2, -0.15) is 0 Å². The van der Waals surface area contributed by atoms with Gasteiger partial charge < -0.3 is 9.80 Å². The lowest BCUT2D eigenvalue weighted by atomic mass is 9.91. The average molecular weight is 388 g/mol. The van der Waals surface area contributed by atoms with Gasteiger partial charge in [0.15, 0.2) is 0 Å². The van der Waals surface area contributed by atoms with E-state index in [2.05, 4.69) is 4.90 Å². The first-order valence-corrected chi connectivity index (χ1v) is 11.3. The molecule has 0 N–H and O–H groups in total. The van der Waals surface area contributed by atoms with E-state index in [9.17, 15) is 9.59 Å². The second kappa shape index (κ2) is 8.23. The van der Waals surface area contributed by atoms with Crippen LogP contribution in [0.25, 0.3) is 0 Å². The summed E-state index contributed by atoms with van der Waals surface area (Å²) in [6.45, 7) is 4.96. The van der Waals surface area contributed by atoms with Crippen LogP contribution in [0.1, 0.15) is 36.0 Å². The van der Waals surface area contributed by atoms with Gasteiger partial charge in [-0.25, -0.2) is 0 Å². The highest BCUT2D eigenvalue weighted by Gasteiger charge is 2.38. The minimum atomic E-state index is -0.0188. The van der Waals surface area contributed by atoms with E-state index in [0.717, 1.165) is 43.5 Å². The van der Waals surface area contributed by atoms with Crippen LogP contribution < -0.4 is 0 Å². The third-order valence-corrected chi connectivity index (χ3v) is 7.03. The molecule has 1 aromatic rings. The summed E-state index contributed by atoms with van der Waals surface area (Å²) in [5.74, 6) is 0.264. The maximum absolute atomic E-state index is 12.8. The van der Waals surface area contributed by atoms with E-state index >= 15 is 0 Å². The van der Waals surface area contributed by atoms with Gasteiger partial charge in [-0.05, 0) is 49.8 Å². The molecule has 1 saturated carbocycles. The zero-order chi connectivity index (χ0) is 18.8. The number of rotatable bonds is 4. The Balaban J connectivity index is 1.27. The maximum Gasteiger partial charge on any atom is 0.253 e. The Morgan fingerprint density at radius 2 is 1.67 bits per heavy atom. The Morgan fingerprint density at radius 1 is 0.926 bits per heavy atom. The second-order valence-corrected chi connectivity index (χ2v) is 8.81. The van der Waals surface area contributed by atoms with E-state index in [0.29, 0.717) is 18.7 Å². The monoisotopic (exact) mass is 387 g/mol. The number of benzene rings is 1. The van der Waals surface area contributed by atoms with Crippen molar-refractivity contribution >= 4 is 23.6 Å². The molecule has 1 aromatic carbocycles. The van der Waals surface area contributed by atoms with Crippen LogP contribution in [0.2, 0.25) is 0 Å². The summed E-state index contributed by atoms with van der Waals surface area (Å²) in [7, 11) is 0. The van der Waals surface area contributed by atoms with Crippen LogP contribution in [0, 0.1) is 5.92 Å². The SMILES string of the molecule is CSc1ccc(C(=O)N2CC(C(=O)N3CCCN(C4CCC4)CC3)C2)cc1. The summed E-state index contributed by atoms with van der Waals surface area (Å²) < 4.78 is 0. The third-order valence-electron chi connectivity index (χ3n) is 6.29. The van der Waals surface area contributed by atoms with Crippen molar-refractivity contribution in [2.45, 2.75) is 36.6 Å². The van der Waals surface area contributed by atoms with Crippen molar-refractivity contribution in [1.29, 1.82) is 0 Å². The van der Waals surface area contributed by atoms with Gasteiger partial charge in [-0.3, -0.25) is 14.5 Å². The largest absolute Gasteiger partial charge is 0.341 e. The molecule has 5 nitrogen and oxygen atoms in total. The van der Waals surface area contributed by atoms with Crippen molar-refractivity contribution < 1.29 is 9.59 Å². The lowest BCUT2D eigenvalue weighted by Gasteiger charge is -2.40. The van der Waals surface area contributed by atoms with E-state index < -0.39 is 0 Å². The van der Waals surface area contributed by atoms with Crippen molar-refractivity contribution in [3.63, 3.8) is 0 Å². The number of hydrogen-bond donors (Lipinski definition) is 0. The van der Waals surface area contributed by atoms with Crippen LogP contribution >= 0.6 is 11.8 Å². The maximum atomic E-state index is 12.8. The molecule has 0 bridgehead atoms. The van der Waals surface area contributed by atoms with Gasteiger partial charge in [-0.15, -0.1) is 11.8 Å². The van der Waals surface area contributed by atoms with Crippen LogP contribution in [0.5, 0.6) is 0 Å². The van der Waals surface area contributed by atoms with Gasteiger partial charge in [0, 0.05) is 55.8 Å². The van der Waals surface area contributed by atoms with Crippen molar-refractivity contribution in [2.24, 2.45) is 5.92 Å². The number of carbonyl (C=O) groups is 2. The molecule has 2 aliphatic heterocycles. The Bertz CT molecular complexity index is 683. The fourth-order valence-electron chi connectivity index (χ4n) is 4.25. The summed E-state index contributed by atoms with van der Waals surface area (Å²) >= 11 is 1.67. The minimum Gasteiger partial charge on any atom is -0.341 e. The summed E-state index contributed by atoms with van der Waals surface area (Å²) in [5, 5.41) is 0. The normalized spacial score (nSPS) is 22.1. The van der Waals surface area contributed by atoms with E-state index in [4.69, 9.17) is 0 Å². The fraction of sp³-hybridized carbons (Fsp3) is 0.619. The van der Waals surface area contributed by atoms with E-state index in [1.54, 1.807) is 16.7 Å². The zero-order valence-electron chi connectivity index (χ0n) is 16.1. The topological polar surface area (TPSA) is 43.9 Å². The Morgan fingerprint density at radius 3 is 2.30 bits per heavy atom. The molecule has 0 atom stereocenters. The molecule has 4 rings (SSSR count). The summed E-state index contributed by atoms with van der Waals surface area (Å²) in [6.07, 6.45) is 7.10. The number of thioether (sulfide) groups is 1. The Labute approximate surface area is 166 Å². The molecule has 3 fully saturated rings. The van der Waals surface area contributed by atoms with Crippen LogP contribution in [0.4, 0.5) is 0 Å². The van der Waals surface area contributed by atoms with Crippen molar-refractivity contribution in [3.8, 4) is 0 Å². The second-order valence-electron chi connectivity index (χ2n) is 7.94. The number of likely N-dealkylation sites (tertiary alicyclic amines) is 1. The molecule has 6 heteroatoms. The summed E-state index contributed by atoms with van der Waals surface area (Å²) in [5.41, 5.74) is 0.713. The van der Waals surface area contributed by atoms with Crippen LogP contribution in [0.3, 0.4) is 0 Å². The molecule has 1 aliphatic carbocycles. The minimum absolute atomic E-state index is 0.0188. The molecule has 146 valence electrons. The van der Waals surface area contributed by atoms with Gasteiger partial charge in [0.05, 0.1) is 5.92 Å². The predicted octanol–water partition coefficient (Wildman–Crippen LogP) is 2.57. The first kappa shape index (κ1) is 18.8. The van der Waals surface area contributed by atoms with Gasteiger partial charge in [0.25, 0.3) is 5.91 Å². The van der Waals surface area contributed by atoms with Gasteiger partial charge >= 0.3 is 0 Å². The standard InChI is InChI=1S/C21H29N3O2S/c1-27-19-8-6-16(7-9-19)20(25)24-14-17(15-24)21(26)23-11-3-10-22(12-13-23)18-4-2-5-18/h6-9,17-18H,2-5,10-15H2,1H3. The molecule has 2 saturated heterocycles. The van der Waals surface area contributed by atoms with Crippen molar-refractivity contribution in [2.75, 3.05) is 45.5 Å². The van der Waals surface area contributed by atoms with Crippen LogP contribution in [-0.2, 0) is 4.79 Å². The fourth-order valence-corrected chi connectivity index (χ4v) is 4.66. The Hall–Kier alpha value is -1.53. The van der Waals surface area contributed by atoms with Gasteiger partial charge in [0.1, 0.15) is 0 Å². The first-order valence-electron chi connectivity index (χ1n) is 10.1. The van der Waals surface area contributed by atoms with E-state index in [-0.39, 0.29) is 17.7 Å². The predicted molar refractivity (Wildman–Crippen MR) is 108 cm³/mol. The smallest absolute Gasteiger partial charge is 0.253 e. The zero-order valence-corrected chi connectivity index (χ0v) is 16.9. The highest BCUT2D eigenvalue weighted by atomic mass is 32.2. The highest BCUT2D eigenvalue weighted by Crippen LogP contribution is 2.27. The van der Waals surface area contributed by atoms with Crippen molar-refractivity contribution in [3.05, 3.63) is 29.8 Å². The lowest BCUT2D eigenvalue weighted by Crippen LogP contribution is -2.56. The van der Waals surface area contributed by atoms with Crippen LogP contribution in [0.15, 0.2) is 29.2 Å². The Kier molecular flexibility index (Phi) is 5.74. The highest BCUT2D eigenvalue weighted by molar-refractivity contribution is 7.98. The third kappa shape index (κ3) is 4.02. The molecule has 3 aliphatic rings. The van der Waals surface area contributed by atoms with E-state index in [1.165, 1.54) is 19.3 Å². The number of hydrogen-bond acceptors (Lipinski definition) is 4. The molecular formula is C21H29N3O2S. The number of nitrogens with zero attached hydrogens (tertiary/aromatic N) is 3. The van der Waals surface area contributed by atoms with Gasteiger partial charge in [0.2, 0.25) is 5.91 Å². The molecule has 2 amide bonds.